The number of ether oxygens (including phenoxy) is 2. The minimum Gasteiger partial charge on any atom is -0.490 e. The molecule has 0 bridgehead atoms. The second kappa shape index (κ2) is 10.0. The fourth-order valence-electron chi connectivity index (χ4n) is 5.14. The van der Waals surface area contributed by atoms with E-state index in [0.717, 1.165) is 36.2 Å². The molecule has 0 radical (unpaired) electrons. The highest BCUT2D eigenvalue weighted by Crippen LogP contribution is 2.37. The number of rotatable bonds is 10. The lowest BCUT2D eigenvalue weighted by Crippen LogP contribution is -2.45. The molecule has 0 saturated carbocycles. The van der Waals surface area contributed by atoms with E-state index in [1.807, 2.05) is 6.07 Å². The quantitative estimate of drug-likeness (QED) is 0.191. The normalized spacial score (nSPS) is 15.2. The topological polar surface area (TPSA) is 49.6 Å². The molecule has 0 aliphatic carbocycles. The minimum absolute atomic E-state index is 0.229. The van der Waals surface area contributed by atoms with Crippen LogP contribution in [0.5, 0.6) is 5.75 Å². The molecule has 0 amide bonds. The molecule has 2 N–H and O–H groups in total. The van der Waals surface area contributed by atoms with Gasteiger partial charge in [0.1, 0.15) is 18.5 Å². The molecule has 36 heavy (non-hydrogen) atoms. The molecule has 6 rings (SSSR count). The highest BCUT2D eigenvalue weighted by Gasteiger charge is 2.35. The average Bonchev–Trinajstić information content (AvgIpc) is 3.69. The van der Waals surface area contributed by atoms with Crippen molar-refractivity contribution in [3.8, 4) is 5.75 Å². The Kier molecular flexibility index (Phi) is 6.29. The molecule has 1 aliphatic heterocycles. The minimum atomic E-state index is -0.474. The van der Waals surface area contributed by atoms with E-state index < -0.39 is 5.54 Å². The summed E-state index contributed by atoms with van der Waals surface area (Å²) in [5.74, 6) is 0.916. The monoisotopic (exact) mass is 474 g/mol. The van der Waals surface area contributed by atoms with Gasteiger partial charge in [0.25, 0.3) is 0 Å². The van der Waals surface area contributed by atoms with Crippen LogP contribution in [0, 0.1) is 0 Å². The Balaban J connectivity index is 1.35. The molecular formula is C32H30N2O2. The van der Waals surface area contributed by atoms with Crippen molar-refractivity contribution >= 4 is 10.9 Å². The highest BCUT2D eigenvalue weighted by atomic mass is 16.6. The van der Waals surface area contributed by atoms with E-state index in [9.17, 15) is 0 Å². The summed E-state index contributed by atoms with van der Waals surface area (Å²) in [6.45, 7) is 2.17. The number of benzene rings is 4. The first-order chi connectivity index (χ1) is 17.8. The van der Waals surface area contributed by atoms with Crippen molar-refractivity contribution in [3.63, 3.8) is 0 Å². The maximum Gasteiger partial charge on any atom is 0.129 e. The summed E-state index contributed by atoms with van der Waals surface area (Å²) in [5, 5.41) is 5.15. The number of aromatic nitrogens is 1. The molecule has 2 heterocycles. The lowest BCUT2D eigenvalue weighted by molar-refractivity contribution is 0.265. The SMILES string of the molecule is c1ccc(C(NCCc2c[nH]c3cccc(OC[C@H]4CO4)c23)(c2ccccc2)c2ccccc2)cc1. The van der Waals surface area contributed by atoms with Crippen LogP contribution in [0.2, 0.25) is 0 Å². The fourth-order valence-corrected chi connectivity index (χ4v) is 5.14. The van der Waals surface area contributed by atoms with Gasteiger partial charge in [-0.3, -0.25) is 5.32 Å². The average molecular weight is 475 g/mol. The van der Waals surface area contributed by atoms with E-state index in [0.29, 0.717) is 6.61 Å². The van der Waals surface area contributed by atoms with Crippen molar-refractivity contribution in [3.05, 3.63) is 138 Å². The Morgan fingerprint density at radius 3 is 1.92 bits per heavy atom. The van der Waals surface area contributed by atoms with Crippen LogP contribution in [-0.4, -0.2) is 30.8 Å². The maximum atomic E-state index is 6.13. The molecule has 180 valence electrons. The van der Waals surface area contributed by atoms with Crippen LogP contribution in [-0.2, 0) is 16.7 Å². The summed E-state index contributed by atoms with van der Waals surface area (Å²) >= 11 is 0. The zero-order chi connectivity index (χ0) is 24.2. The van der Waals surface area contributed by atoms with Gasteiger partial charge in [0.15, 0.2) is 0 Å². The van der Waals surface area contributed by atoms with Crippen molar-refractivity contribution in [1.29, 1.82) is 0 Å². The zero-order valence-corrected chi connectivity index (χ0v) is 20.2. The summed E-state index contributed by atoms with van der Waals surface area (Å²) in [6, 6.07) is 38.4. The molecule has 4 aromatic carbocycles. The standard InChI is InChI=1S/C32H30N2O2/c1-4-11-25(12-5-1)32(26-13-6-2-7-14-26,27-15-8-3-9-16-27)34-20-19-24-21-33-29-17-10-18-30(31(24)29)36-23-28-22-35-28/h1-18,21,28,33-34H,19-20,22-23H2/t28-/m1/s1. The number of epoxide rings is 1. The van der Waals surface area contributed by atoms with E-state index in [4.69, 9.17) is 9.47 Å². The third kappa shape index (κ3) is 4.41. The second-order valence-electron chi connectivity index (χ2n) is 9.28. The van der Waals surface area contributed by atoms with E-state index in [1.165, 1.54) is 22.3 Å². The highest BCUT2D eigenvalue weighted by molar-refractivity contribution is 5.89. The van der Waals surface area contributed by atoms with Gasteiger partial charge in [-0.1, -0.05) is 97.1 Å². The van der Waals surface area contributed by atoms with E-state index >= 15 is 0 Å². The summed E-state index contributed by atoms with van der Waals surface area (Å²) in [5.41, 5.74) is 5.52. The van der Waals surface area contributed by atoms with Gasteiger partial charge in [-0.25, -0.2) is 0 Å². The molecule has 1 aliphatic rings. The molecular weight excluding hydrogens is 444 g/mol. The van der Waals surface area contributed by atoms with Gasteiger partial charge >= 0.3 is 0 Å². The lowest BCUT2D eigenvalue weighted by Gasteiger charge is -2.37. The van der Waals surface area contributed by atoms with Crippen LogP contribution in [0.3, 0.4) is 0 Å². The van der Waals surface area contributed by atoms with E-state index in [-0.39, 0.29) is 6.10 Å². The Labute approximate surface area is 211 Å². The van der Waals surface area contributed by atoms with Gasteiger partial charge in [0, 0.05) is 23.6 Å². The lowest BCUT2D eigenvalue weighted by atomic mass is 9.77. The smallest absolute Gasteiger partial charge is 0.129 e. The predicted molar refractivity (Wildman–Crippen MR) is 144 cm³/mol. The molecule has 1 fully saturated rings. The first-order valence-corrected chi connectivity index (χ1v) is 12.6. The van der Waals surface area contributed by atoms with Crippen LogP contribution in [0.25, 0.3) is 10.9 Å². The van der Waals surface area contributed by atoms with Crippen LogP contribution in [0.15, 0.2) is 115 Å². The molecule has 5 aromatic rings. The second-order valence-corrected chi connectivity index (χ2v) is 9.28. The van der Waals surface area contributed by atoms with Crippen LogP contribution in [0.4, 0.5) is 0 Å². The van der Waals surface area contributed by atoms with Crippen molar-refractivity contribution in [2.45, 2.75) is 18.1 Å². The Morgan fingerprint density at radius 2 is 1.36 bits per heavy atom. The Morgan fingerprint density at radius 1 is 0.778 bits per heavy atom. The molecule has 0 unspecified atom stereocenters. The number of fused-ring (bicyclic) bond motifs is 1. The van der Waals surface area contributed by atoms with Gasteiger partial charge in [-0.2, -0.15) is 0 Å². The molecule has 1 saturated heterocycles. The third-order valence-corrected chi connectivity index (χ3v) is 6.98. The molecule has 1 atom stereocenters. The first-order valence-electron chi connectivity index (χ1n) is 12.6. The molecule has 1 aromatic heterocycles. The summed E-state index contributed by atoms with van der Waals surface area (Å²) < 4.78 is 11.5. The van der Waals surface area contributed by atoms with Crippen molar-refractivity contribution in [2.24, 2.45) is 0 Å². The summed E-state index contributed by atoms with van der Waals surface area (Å²) in [7, 11) is 0. The third-order valence-electron chi connectivity index (χ3n) is 6.98. The number of nitrogens with one attached hydrogen (secondary N) is 2. The van der Waals surface area contributed by atoms with E-state index in [1.54, 1.807) is 0 Å². The van der Waals surface area contributed by atoms with Crippen molar-refractivity contribution in [1.82, 2.24) is 10.3 Å². The zero-order valence-electron chi connectivity index (χ0n) is 20.2. The molecule has 4 heteroatoms. The predicted octanol–water partition coefficient (Wildman–Crippen LogP) is 6.07. The van der Waals surface area contributed by atoms with Gasteiger partial charge in [-0.15, -0.1) is 0 Å². The number of hydrogen-bond acceptors (Lipinski definition) is 3. The van der Waals surface area contributed by atoms with Gasteiger partial charge < -0.3 is 14.5 Å². The molecule has 4 nitrogen and oxygen atoms in total. The van der Waals surface area contributed by atoms with Crippen LogP contribution in [0.1, 0.15) is 22.3 Å². The fraction of sp³-hybridized carbons (Fsp3) is 0.188. The maximum absolute atomic E-state index is 6.13. The first kappa shape index (κ1) is 22.6. The van der Waals surface area contributed by atoms with Crippen molar-refractivity contribution < 1.29 is 9.47 Å². The summed E-state index contributed by atoms with van der Waals surface area (Å²) in [4.78, 5) is 3.44. The van der Waals surface area contributed by atoms with Gasteiger partial charge in [0.05, 0.1) is 12.1 Å². The molecule has 0 spiro atoms. The largest absolute Gasteiger partial charge is 0.490 e. The Hall–Kier alpha value is -3.86. The van der Waals surface area contributed by atoms with Crippen LogP contribution < -0.4 is 10.1 Å². The summed E-state index contributed by atoms with van der Waals surface area (Å²) in [6.07, 6.45) is 3.20. The van der Waals surface area contributed by atoms with Crippen LogP contribution >= 0.6 is 0 Å². The number of hydrogen-bond donors (Lipinski definition) is 2. The van der Waals surface area contributed by atoms with Crippen molar-refractivity contribution in [2.75, 3.05) is 19.8 Å². The Bertz CT molecular complexity index is 1310. The van der Waals surface area contributed by atoms with Gasteiger partial charge in [-0.05, 0) is 40.8 Å². The number of H-pyrrole nitrogens is 1. The number of aromatic amines is 1. The van der Waals surface area contributed by atoms with E-state index in [2.05, 4.69) is 120 Å². The van der Waals surface area contributed by atoms with Gasteiger partial charge in [0.2, 0.25) is 0 Å².